The van der Waals surface area contributed by atoms with Crippen molar-refractivity contribution in [1.82, 2.24) is 5.32 Å². The summed E-state index contributed by atoms with van der Waals surface area (Å²) in [5.41, 5.74) is -0.712. The van der Waals surface area contributed by atoms with E-state index < -0.39 is 23.9 Å². The Bertz CT molecular complexity index is 537. The maximum absolute atomic E-state index is 11.5. The smallest absolute Gasteiger partial charge is 0.407 e. The van der Waals surface area contributed by atoms with Crippen LogP contribution in [0.25, 0.3) is 0 Å². The van der Waals surface area contributed by atoms with Gasteiger partial charge in [0.05, 0.1) is 0 Å². The number of phenols is 1. The van der Waals surface area contributed by atoms with Crippen molar-refractivity contribution in [2.45, 2.75) is 38.6 Å². The van der Waals surface area contributed by atoms with Crippen LogP contribution in [0.3, 0.4) is 0 Å². The van der Waals surface area contributed by atoms with Crippen molar-refractivity contribution in [1.29, 1.82) is 0 Å². The summed E-state index contributed by atoms with van der Waals surface area (Å²) in [7, 11) is 0. The maximum Gasteiger partial charge on any atom is 0.407 e. The number of aliphatic hydroxyl groups excluding tert-OH is 2. The molecule has 1 aromatic carbocycles. The Labute approximate surface area is 128 Å². The van der Waals surface area contributed by atoms with E-state index in [1.807, 2.05) is 0 Å². The van der Waals surface area contributed by atoms with Crippen LogP contribution in [-0.2, 0) is 4.74 Å². The average Bonchev–Trinajstić information content (AvgIpc) is 2.41. The first-order valence-electron chi connectivity index (χ1n) is 6.75. The second-order valence-corrected chi connectivity index (χ2v) is 5.79. The molecule has 0 radical (unpaired) electrons. The molecule has 0 heterocycles. The fraction of sp³-hybridized carbons (Fsp3) is 0.467. The van der Waals surface area contributed by atoms with Crippen LogP contribution in [0.2, 0.25) is 0 Å². The molecule has 0 spiro atoms. The fourth-order valence-corrected chi connectivity index (χ4v) is 1.80. The number of alkyl carbamates (subject to hydrolysis) is 1. The number of hydrogen-bond acceptors (Lipinski definition) is 6. The molecule has 0 saturated heterocycles. The normalized spacial score (nSPS) is 14.0. The molecule has 1 rings (SSSR count). The van der Waals surface area contributed by atoms with Crippen LogP contribution < -0.4 is 5.32 Å². The van der Waals surface area contributed by atoms with Crippen LogP contribution >= 0.6 is 0 Å². The quantitative estimate of drug-likeness (QED) is 0.606. The zero-order chi connectivity index (χ0) is 16.9. The minimum absolute atomic E-state index is 0.0591. The van der Waals surface area contributed by atoms with Gasteiger partial charge >= 0.3 is 6.09 Å². The van der Waals surface area contributed by atoms with E-state index in [0.29, 0.717) is 6.29 Å². The van der Waals surface area contributed by atoms with E-state index in [9.17, 15) is 24.9 Å². The number of rotatable bonds is 5. The fourth-order valence-electron chi connectivity index (χ4n) is 1.80. The molecule has 7 heteroatoms. The van der Waals surface area contributed by atoms with Gasteiger partial charge in [0.1, 0.15) is 23.6 Å². The van der Waals surface area contributed by atoms with Gasteiger partial charge in [-0.25, -0.2) is 4.79 Å². The third kappa shape index (κ3) is 5.01. The van der Waals surface area contributed by atoms with Crippen molar-refractivity contribution in [3.8, 4) is 5.75 Å². The lowest BCUT2D eigenvalue weighted by Crippen LogP contribution is -2.39. The van der Waals surface area contributed by atoms with E-state index in [-0.39, 0.29) is 23.4 Å². The number of carbonyl (C=O) groups is 2. The highest BCUT2D eigenvalue weighted by Crippen LogP contribution is 2.29. The number of amides is 1. The van der Waals surface area contributed by atoms with Crippen molar-refractivity contribution < 1.29 is 29.6 Å². The topological polar surface area (TPSA) is 116 Å². The standard InChI is InChI=1S/C15H21NO6/c1-15(2,3)22-14(21)16-7-11(19)13(20)12-9(8-17)5-4-6-10(12)18/h4-6,8,11,13,18-20H,7H2,1-3H3,(H,16,21). The molecule has 1 amide bonds. The molecule has 2 atom stereocenters. The Morgan fingerprint density at radius 2 is 2.00 bits per heavy atom. The summed E-state index contributed by atoms with van der Waals surface area (Å²) >= 11 is 0. The lowest BCUT2D eigenvalue weighted by Gasteiger charge is -2.23. The number of aldehydes is 1. The summed E-state index contributed by atoms with van der Waals surface area (Å²) in [6.07, 6.45) is -3.23. The molecule has 2 unspecified atom stereocenters. The van der Waals surface area contributed by atoms with Gasteiger partial charge in [-0.05, 0) is 26.8 Å². The van der Waals surface area contributed by atoms with Gasteiger partial charge in [0, 0.05) is 17.7 Å². The van der Waals surface area contributed by atoms with Crippen LogP contribution in [0.4, 0.5) is 4.79 Å². The zero-order valence-corrected chi connectivity index (χ0v) is 12.7. The Morgan fingerprint density at radius 1 is 1.36 bits per heavy atom. The number of aliphatic hydroxyl groups is 2. The summed E-state index contributed by atoms with van der Waals surface area (Å²) in [5, 5.41) is 32.0. The summed E-state index contributed by atoms with van der Waals surface area (Å²) in [5.74, 6) is -0.312. The summed E-state index contributed by atoms with van der Waals surface area (Å²) in [6, 6.07) is 4.14. The number of aromatic hydroxyl groups is 1. The predicted octanol–water partition coefficient (Wildman–Crippen LogP) is 1.12. The third-order valence-electron chi connectivity index (χ3n) is 2.76. The van der Waals surface area contributed by atoms with Crippen LogP contribution in [0, 0.1) is 0 Å². The van der Waals surface area contributed by atoms with E-state index in [2.05, 4.69) is 5.32 Å². The highest BCUT2D eigenvalue weighted by Gasteiger charge is 2.25. The third-order valence-corrected chi connectivity index (χ3v) is 2.76. The van der Waals surface area contributed by atoms with Crippen LogP contribution in [0.15, 0.2) is 18.2 Å². The van der Waals surface area contributed by atoms with Crippen molar-refractivity contribution >= 4 is 12.4 Å². The van der Waals surface area contributed by atoms with Crippen LogP contribution in [0.1, 0.15) is 42.8 Å². The first-order chi connectivity index (χ1) is 10.2. The first kappa shape index (κ1) is 17.9. The van der Waals surface area contributed by atoms with E-state index in [0.717, 1.165) is 0 Å². The van der Waals surface area contributed by atoms with Gasteiger partial charge in [-0.3, -0.25) is 4.79 Å². The lowest BCUT2D eigenvalue weighted by molar-refractivity contribution is 0.0116. The Kier molecular flexibility index (Phi) is 5.90. The van der Waals surface area contributed by atoms with Gasteiger partial charge in [0.15, 0.2) is 6.29 Å². The zero-order valence-electron chi connectivity index (χ0n) is 12.7. The van der Waals surface area contributed by atoms with E-state index >= 15 is 0 Å². The Morgan fingerprint density at radius 3 is 2.55 bits per heavy atom. The van der Waals surface area contributed by atoms with Gasteiger partial charge in [-0.15, -0.1) is 0 Å². The molecule has 22 heavy (non-hydrogen) atoms. The molecular formula is C15H21NO6. The molecule has 0 aromatic heterocycles. The largest absolute Gasteiger partial charge is 0.508 e. The molecule has 0 aliphatic heterocycles. The molecule has 122 valence electrons. The van der Waals surface area contributed by atoms with Gasteiger partial charge in [-0.2, -0.15) is 0 Å². The molecule has 4 N–H and O–H groups in total. The molecule has 0 aliphatic rings. The number of hydrogen-bond donors (Lipinski definition) is 4. The molecule has 0 aliphatic carbocycles. The van der Waals surface area contributed by atoms with Gasteiger partial charge < -0.3 is 25.4 Å². The minimum atomic E-state index is -1.53. The summed E-state index contributed by atoms with van der Waals surface area (Å²) < 4.78 is 4.99. The lowest BCUT2D eigenvalue weighted by atomic mass is 9.98. The number of benzene rings is 1. The number of nitrogens with one attached hydrogen (secondary N) is 1. The average molecular weight is 311 g/mol. The predicted molar refractivity (Wildman–Crippen MR) is 78.7 cm³/mol. The van der Waals surface area contributed by atoms with Crippen molar-refractivity contribution in [2.75, 3.05) is 6.54 Å². The number of carbonyl (C=O) groups excluding carboxylic acids is 2. The number of ether oxygens (including phenoxy) is 1. The summed E-state index contributed by atoms with van der Waals surface area (Å²) in [4.78, 5) is 22.4. The van der Waals surface area contributed by atoms with Crippen molar-refractivity contribution in [2.24, 2.45) is 0 Å². The van der Waals surface area contributed by atoms with Crippen molar-refractivity contribution in [3.63, 3.8) is 0 Å². The van der Waals surface area contributed by atoms with E-state index in [1.165, 1.54) is 18.2 Å². The van der Waals surface area contributed by atoms with Gasteiger partial charge in [0.25, 0.3) is 0 Å². The van der Waals surface area contributed by atoms with Gasteiger partial charge in [-0.1, -0.05) is 12.1 Å². The Balaban J connectivity index is 2.72. The second kappa shape index (κ2) is 7.24. The monoisotopic (exact) mass is 311 g/mol. The Hall–Kier alpha value is -2.12. The van der Waals surface area contributed by atoms with E-state index in [1.54, 1.807) is 20.8 Å². The highest BCUT2D eigenvalue weighted by atomic mass is 16.6. The minimum Gasteiger partial charge on any atom is -0.508 e. The summed E-state index contributed by atoms with van der Waals surface area (Å²) in [6.45, 7) is 4.77. The van der Waals surface area contributed by atoms with Crippen LogP contribution in [0.5, 0.6) is 5.75 Å². The second-order valence-electron chi connectivity index (χ2n) is 5.79. The molecule has 7 nitrogen and oxygen atoms in total. The van der Waals surface area contributed by atoms with Crippen LogP contribution in [-0.4, -0.2) is 45.9 Å². The number of phenolic OH excluding ortho intramolecular Hbond substituents is 1. The highest BCUT2D eigenvalue weighted by molar-refractivity contribution is 5.79. The molecule has 0 saturated carbocycles. The van der Waals surface area contributed by atoms with E-state index in [4.69, 9.17) is 4.74 Å². The van der Waals surface area contributed by atoms with Gasteiger partial charge in [0.2, 0.25) is 0 Å². The molecule has 1 aromatic rings. The maximum atomic E-state index is 11.5. The molecule has 0 bridgehead atoms. The molecular weight excluding hydrogens is 290 g/mol. The molecule has 0 fully saturated rings. The SMILES string of the molecule is CC(C)(C)OC(=O)NCC(O)C(O)c1c(O)cccc1C=O. The van der Waals surface area contributed by atoms with Crippen molar-refractivity contribution in [3.05, 3.63) is 29.3 Å². The first-order valence-corrected chi connectivity index (χ1v) is 6.75.